The summed E-state index contributed by atoms with van der Waals surface area (Å²) >= 11 is 0. The lowest BCUT2D eigenvalue weighted by atomic mass is 9.96. The van der Waals surface area contributed by atoms with E-state index in [2.05, 4.69) is 10.1 Å². The van der Waals surface area contributed by atoms with Gasteiger partial charge in [-0.2, -0.15) is 0 Å². The lowest BCUT2D eigenvalue weighted by Crippen LogP contribution is -2.54. The molecule has 0 aromatic carbocycles. The largest absolute Gasteiger partial charge is 0.444 e. The van der Waals surface area contributed by atoms with E-state index in [-0.39, 0.29) is 0 Å². The van der Waals surface area contributed by atoms with Crippen molar-refractivity contribution in [2.75, 3.05) is 0 Å². The molecule has 0 saturated carbocycles. The van der Waals surface area contributed by atoms with Crippen molar-refractivity contribution in [1.29, 1.82) is 0 Å². The van der Waals surface area contributed by atoms with Crippen LogP contribution in [-0.2, 0) is 9.53 Å². The molecular formula is C7H11N3O4. The van der Waals surface area contributed by atoms with Crippen molar-refractivity contribution in [3.05, 3.63) is 0 Å². The second-order valence-electron chi connectivity index (χ2n) is 3.19. The predicted molar refractivity (Wildman–Crippen MR) is 45.2 cm³/mol. The predicted octanol–water partition coefficient (Wildman–Crippen LogP) is -0.932. The number of primary amides is 1. The zero-order valence-corrected chi connectivity index (χ0v) is 7.79. The highest BCUT2D eigenvalue weighted by Gasteiger charge is 2.48. The van der Waals surface area contributed by atoms with Gasteiger partial charge < -0.3 is 15.8 Å². The van der Waals surface area contributed by atoms with Gasteiger partial charge in [0.15, 0.2) is 5.54 Å². The first-order chi connectivity index (χ1) is 6.36. The van der Waals surface area contributed by atoms with Crippen LogP contribution in [0.1, 0.15) is 13.8 Å². The number of hydrogen-bond acceptors (Lipinski definition) is 4. The lowest BCUT2D eigenvalue weighted by Gasteiger charge is -2.26. The van der Waals surface area contributed by atoms with Crippen LogP contribution in [0.3, 0.4) is 0 Å². The Bertz CT molecular complexity index is 303. The fourth-order valence-electron chi connectivity index (χ4n) is 1.14. The average molecular weight is 201 g/mol. The summed E-state index contributed by atoms with van der Waals surface area (Å²) in [4.78, 5) is 32.6. The van der Waals surface area contributed by atoms with Crippen LogP contribution in [0.5, 0.6) is 0 Å². The highest BCUT2D eigenvalue weighted by Crippen LogP contribution is 2.17. The van der Waals surface area contributed by atoms with Crippen LogP contribution in [0.15, 0.2) is 0 Å². The SMILES string of the molecule is C[C@@H](OC(N)=O)C1(C)NC(=O)NC1=O. The van der Waals surface area contributed by atoms with Crippen molar-refractivity contribution in [3.8, 4) is 0 Å². The Morgan fingerprint density at radius 2 is 2.14 bits per heavy atom. The maximum Gasteiger partial charge on any atom is 0.404 e. The Morgan fingerprint density at radius 1 is 1.57 bits per heavy atom. The summed E-state index contributed by atoms with van der Waals surface area (Å²) in [7, 11) is 0. The van der Waals surface area contributed by atoms with Crippen molar-refractivity contribution in [3.63, 3.8) is 0 Å². The number of carbonyl (C=O) groups excluding carboxylic acids is 3. The van der Waals surface area contributed by atoms with Gasteiger partial charge in [0, 0.05) is 0 Å². The van der Waals surface area contributed by atoms with Crippen LogP contribution in [0, 0.1) is 0 Å². The van der Waals surface area contributed by atoms with E-state index in [1.165, 1.54) is 13.8 Å². The molecule has 1 aliphatic heterocycles. The average Bonchev–Trinajstić information content (AvgIpc) is 2.25. The van der Waals surface area contributed by atoms with Crippen LogP contribution >= 0.6 is 0 Å². The van der Waals surface area contributed by atoms with E-state index in [1.54, 1.807) is 0 Å². The molecule has 1 aliphatic rings. The number of nitrogens with two attached hydrogens (primary N) is 1. The monoisotopic (exact) mass is 201 g/mol. The van der Waals surface area contributed by atoms with Crippen LogP contribution in [-0.4, -0.2) is 29.7 Å². The summed E-state index contributed by atoms with van der Waals surface area (Å²) in [6, 6.07) is -0.613. The number of nitrogens with one attached hydrogen (secondary N) is 2. The van der Waals surface area contributed by atoms with E-state index in [0.29, 0.717) is 0 Å². The van der Waals surface area contributed by atoms with Crippen LogP contribution in [0.4, 0.5) is 9.59 Å². The Kier molecular flexibility index (Phi) is 2.33. The molecule has 0 spiro atoms. The minimum atomic E-state index is -1.26. The first-order valence-corrected chi connectivity index (χ1v) is 3.96. The van der Waals surface area contributed by atoms with Gasteiger partial charge in [-0.3, -0.25) is 10.1 Å². The number of imide groups is 1. The van der Waals surface area contributed by atoms with Gasteiger partial charge >= 0.3 is 12.1 Å². The Morgan fingerprint density at radius 3 is 2.50 bits per heavy atom. The minimum absolute atomic E-state index is 0.545. The van der Waals surface area contributed by atoms with E-state index in [1.807, 2.05) is 5.32 Å². The minimum Gasteiger partial charge on any atom is -0.444 e. The van der Waals surface area contributed by atoms with Crippen molar-refractivity contribution < 1.29 is 19.1 Å². The Labute approximate surface area is 80.0 Å². The highest BCUT2D eigenvalue weighted by molar-refractivity contribution is 6.07. The van der Waals surface area contributed by atoms with Gasteiger partial charge in [-0.25, -0.2) is 9.59 Å². The Balaban J connectivity index is 2.79. The quantitative estimate of drug-likeness (QED) is 0.501. The standard InChI is InChI=1S/C7H11N3O4/c1-3(14-5(8)12)7(2)4(11)9-6(13)10-7/h3H,1-2H3,(H2,8,12)(H2,9,10,11,13)/t3-,7?/m1/s1. The zero-order chi connectivity index (χ0) is 10.9. The molecule has 1 saturated heterocycles. The molecule has 7 heteroatoms. The number of urea groups is 1. The molecule has 1 rings (SSSR count). The lowest BCUT2D eigenvalue weighted by molar-refractivity contribution is -0.126. The molecule has 4 amide bonds. The van der Waals surface area contributed by atoms with Crippen molar-refractivity contribution in [1.82, 2.24) is 10.6 Å². The molecule has 14 heavy (non-hydrogen) atoms. The van der Waals surface area contributed by atoms with Gasteiger partial charge in [0.05, 0.1) is 0 Å². The second-order valence-corrected chi connectivity index (χ2v) is 3.19. The third-order valence-electron chi connectivity index (χ3n) is 2.18. The summed E-state index contributed by atoms with van der Waals surface area (Å²) in [6.45, 7) is 2.91. The summed E-state index contributed by atoms with van der Waals surface area (Å²) in [5.41, 5.74) is 3.54. The Hall–Kier alpha value is -1.79. The van der Waals surface area contributed by atoms with Crippen LogP contribution < -0.4 is 16.4 Å². The van der Waals surface area contributed by atoms with Gasteiger partial charge in [0.2, 0.25) is 0 Å². The third kappa shape index (κ3) is 1.61. The van der Waals surface area contributed by atoms with E-state index in [4.69, 9.17) is 5.73 Å². The molecule has 0 aliphatic carbocycles. The number of amides is 4. The molecule has 0 aromatic rings. The topological polar surface area (TPSA) is 111 Å². The zero-order valence-electron chi connectivity index (χ0n) is 7.79. The van der Waals surface area contributed by atoms with Gasteiger partial charge in [0.25, 0.3) is 5.91 Å². The summed E-state index contributed by atoms with van der Waals surface area (Å²) in [5.74, 6) is -0.545. The maximum absolute atomic E-state index is 11.3. The first-order valence-electron chi connectivity index (χ1n) is 3.96. The maximum atomic E-state index is 11.3. The van der Waals surface area contributed by atoms with Crippen molar-refractivity contribution in [2.45, 2.75) is 25.5 Å². The molecular weight excluding hydrogens is 190 g/mol. The molecule has 0 bridgehead atoms. The molecule has 1 heterocycles. The molecule has 0 aromatic heterocycles. The molecule has 4 N–H and O–H groups in total. The number of hydrogen-bond donors (Lipinski definition) is 3. The van der Waals surface area contributed by atoms with E-state index < -0.39 is 29.7 Å². The second kappa shape index (κ2) is 3.17. The van der Waals surface area contributed by atoms with E-state index >= 15 is 0 Å². The van der Waals surface area contributed by atoms with Crippen LogP contribution in [0.25, 0.3) is 0 Å². The summed E-state index contributed by atoms with van der Waals surface area (Å²) in [6.07, 6.45) is -1.82. The molecule has 0 radical (unpaired) electrons. The van der Waals surface area contributed by atoms with E-state index in [9.17, 15) is 14.4 Å². The van der Waals surface area contributed by atoms with Crippen molar-refractivity contribution in [2.24, 2.45) is 5.73 Å². The number of rotatable bonds is 2. The van der Waals surface area contributed by atoms with Crippen molar-refractivity contribution >= 4 is 18.0 Å². The third-order valence-corrected chi connectivity index (χ3v) is 2.18. The number of ether oxygens (including phenoxy) is 1. The van der Waals surface area contributed by atoms with Gasteiger partial charge in [-0.1, -0.05) is 0 Å². The highest BCUT2D eigenvalue weighted by atomic mass is 16.6. The smallest absolute Gasteiger partial charge is 0.404 e. The van der Waals surface area contributed by atoms with Gasteiger partial charge in [0.1, 0.15) is 6.10 Å². The molecule has 7 nitrogen and oxygen atoms in total. The molecule has 1 unspecified atom stereocenters. The summed E-state index contributed by atoms with van der Waals surface area (Å²) in [5, 5.41) is 4.39. The van der Waals surface area contributed by atoms with E-state index in [0.717, 1.165) is 0 Å². The molecule has 78 valence electrons. The van der Waals surface area contributed by atoms with Crippen LogP contribution in [0.2, 0.25) is 0 Å². The molecule has 2 atom stereocenters. The molecule has 1 fully saturated rings. The first kappa shape index (κ1) is 10.3. The normalized spacial score (nSPS) is 27.9. The van der Waals surface area contributed by atoms with Gasteiger partial charge in [-0.05, 0) is 13.8 Å². The van der Waals surface area contributed by atoms with Gasteiger partial charge in [-0.15, -0.1) is 0 Å². The summed E-state index contributed by atoms with van der Waals surface area (Å²) < 4.78 is 4.62. The number of carbonyl (C=O) groups is 3. The fourth-order valence-corrected chi connectivity index (χ4v) is 1.14. The fraction of sp³-hybridized carbons (Fsp3) is 0.571.